The van der Waals surface area contributed by atoms with Crippen molar-refractivity contribution in [2.75, 3.05) is 11.9 Å². The van der Waals surface area contributed by atoms with Crippen molar-refractivity contribution in [1.29, 1.82) is 0 Å². The van der Waals surface area contributed by atoms with Gasteiger partial charge in [0.15, 0.2) is 0 Å². The number of nitrogens with one attached hydrogen (secondary N) is 1. The summed E-state index contributed by atoms with van der Waals surface area (Å²) in [6.45, 7) is -0.314. The molecule has 1 saturated heterocycles. The van der Waals surface area contributed by atoms with Crippen molar-refractivity contribution in [2.24, 2.45) is 0 Å². The molecule has 2 aromatic rings. The molecule has 0 bridgehead atoms. The maximum Gasteiger partial charge on any atom is 0.424 e. The van der Waals surface area contributed by atoms with Crippen LogP contribution < -0.4 is 5.32 Å². The molecule has 0 spiro atoms. The second-order valence-corrected chi connectivity index (χ2v) is 4.69. The van der Waals surface area contributed by atoms with Crippen LogP contribution >= 0.6 is 0 Å². The Bertz CT molecular complexity index is 606. The molecular formula is C15H12F3NO. The number of halogens is 3. The second kappa shape index (κ2) is 4.52. The zero-order chi connectivity index (χ0) is 14.2. The highest BCUT2D eigenvalue weighted by Gasteiger charge is 2.67. The van der Waals surface area contributed by atoms with Gasteiger partial charge in [-0.05, 0) is 29.8 Å². The molecule has 0 aromatic heterocycles. The number of hydrogen-bond donors (Lipinski definition) is 1. The van der Waals surface area contributed by atoms with Crippen molar-refractivity contribution < 1.29 is 17.9 Å². The van der Waals surface area contributed by atoms with Crippen molar-refractivity contribution in [3.8, 4) is 0 Å². The van der Waals surface area contributed by atoms with E-state index < -0.39 is 11.8 Å². The molecule has 1 heterocycles. The van der Waals surface area contributed by atoms with Crippen LogP contribution in [0.5, 0.6) is 0 Å². The van der Waals surface area contributed by atoms with Crippen LogP contribution in [0.15, 0.2) is 54.6 Å². The molecule has 0 saturated carbocycles. The molecule has 0 amide bonds. The maximum atomic E-state index is 13.0. The summed E-state index contributed by atoms with van der Waals surface area (Å²) in [5.41, 5.74) is -0.567. The maximum absolute atomic E-state index is 13.0. The first-order valence-corrected chi connectivity index (χ1v) is 6.15. The third-order valence-electron chi connectivity index (χ3n) is 3.28. The normalized spacial score (nSPS) is 21.6. The number of anilines is 2. The van der Waals surface area contributed by atoms with Crippen LogP contribution in [0.4, 0.5) is 24.5 Å². The molecule has 1 aliphatic heterocycles. The number of hydrogen-bond acceptors (Lipinski definition) is 2. The summed E-state index contributed by atoms with van der Waals surface area (Å²) >= 11 is 0. The van der Waals surface area contributed by atoms with Gasteiger partial charge in [0.2, 0.25) is 5.60 Å². The Kier molecular flexibility index (Phi) is 2.94. The smallest absolute Gasteiger partial charge is 0.356 e. The van der Waals surface area contributed by atoms with Crippen LogP contribution in [0.2, 0.25) is 0 Å². The van der Waals surface area contributed by atoms with E-state index in [1.54, 1.807) is 12.1 Å². The highest BCUT2D eigenvalue weighted by atomic mass is 19.4. The first-order chi connectivity index (χ1) is 9.51. The van der Waals surface area contributed by atoms with Gasteiger partial charge in [-0.15, -0.1) is 0 Å². The minimum atomic E-state index is -4.39. The second-order valence-electron chi connectivity index (χ2n) is 4.69. The zero-order valence-electron chi connectivity index (χ0n) is 10.4. The van der Waals surface area contributed by atoms with Crippen molar-refractivity contribution >= 4 is 11.4 Å². The summed E-state index contributed by atoms with van der Waals surface area (Å²) in [5.74, 6) is 0. The van der Waals surface area contributed by atoms with Gasteiger partial charge in [-0.2, -0.15) is 13.2 Å². The molecule has 1 aliphatic rings. The van der Waals surface area contributed by atoms with Crippen molar-refractivity contribution in [3.63, 3.8) is 0 Å². The Morgan fingerprint density at radius 2 is 1.60 bits per heavy atom. The number of ether oxygens (including phenoxy) is 1. The van der Waals surface area contributed by atoms with E-state index in [-0.39, 0.29) is 12.2 Å². The minimum Gasteiger partial charge on any atom is -0.356 e. The van der Waals surface area contributed by atoms with Crippen LogP contribution in [0.25, 0.3) is 0 Å². The minimum absolute atomic E-state index is 0.130. The first-order valence-electron chi connectivity index (χ1n) is 6.15. The van der Waals surface area contributed by atoms with Crippen LogP contribution in [-0.2, 0) is 10.3 Å². The Morgan fingerprint density at radius 3 is 2.20 bits per heavy atom. The lowest BCUT2D eigenvalue weighted by molar-refractivity contribution is -0.187. The summed E-state index contributed by atoms with van der Waals surface area (Å²) in [6.07, 6.45) is -4.39. The molecule has 0 aliphatic carbocycles. The fraction of sp³-hybridized carbons (Fsp3) is 0.200. The van der Waals surface area contributed by atoms with E-state index in [4.69, 9.17) is 4.74 Å². The molecule has 20 heavy (non-hydrogen) atoms. The molecule has 0 unspecified atom stereocenters. The molecular weight excluding hydrogens is 267 g/mol. The Labute approximate surface area is 114 Å². The summed E-state index contributed by atoms with van der Waals surface area (Å²) in [6, 6.07) is 15.5. The number of alkyl halides is 3. The summed E-state index contributed by atoms with van der Waals surface area (Å²) in [5, 5.41) is 3.07. The highest BCUT2D eigenvalue weighted by Crippen LogP contribution is 2.52. The third-order valence-corrected chi connectivity index (χ3v) is 3.28. The topological polar surface area (TPSA) is 24.6 Å². The Morgan fingerprint density at radius 1 is 0.950 bits per heavy atom. The third kappa shape index (κ3) is 2.25. The molecule has 1 N–H and O–H groups in total. The van der Waals surface area contributed by atoms with Crippen LogP contribution in [0, 0.1) is 0 Å². The van der Waals surface area contributed by atoms with Gasteiger partial charge in [0.1, 0.15) is 0 Å². The summed E-state index contributed by atoms with van der Waals surface area (Å²) in [7, 11) is 0. The predicted molar refractivity (Wildman–Crippen MR) is 69.9 cm³/mol. The molecule has 2 aromatic carbocycles. The quantitative estimate of drug-likeness (QED) is 0.851. The monoisotopic (exact) mass is 279 g/mol. The van der Waals surface area contributed by atoms with Gasteiger partial charge in [-0.1, -0.05) is 30.3 Å². The SMILES string of the molecule is FC(F)(F)[C@]1(c2cccc(Nc3ccccc3)c2)CO1. The Hall–Kier alpha value is -2.01. The first kappa shape index (κ1) is 13.0. The van der Waals surface area contributed by atoms with E-state index in [1.165, 1.54) is 12.1 Å². The van der Waals surface area contributed by atoms with Crippen molar-refractivity contribution in [1.82, 2.24) is 0 Å². The average Bonchev–Trinajstić information content (AvgIpc) is 3.21. The van der Waals surface area contributed by atoms with Crippen LogP contribution in [0.3, 0.4) is 0 Å². The van der Waals surface area contributed by atoms with Gasteiger partial charge < -0.3 is 10.1 Å². The lowest BCUT2D eigenvalue weighted by Gasteiger charge is -2.17. The number of epoxide rings is 1. The van der Waals surface area contributed by atoms with Gasteiger partial charge >= 0.3 is 6.18 Å². The molecule has 0 radical (unpaired) electrons. The highest BCUT2D eigenvalue weighted by molar-refractivity contribution is 5.60. The number of para-hydroxylation sites is 1. The Balaban J connectivity index is 1.88. The van der Waals surface area contributed by atoms with E-state index in [0.717, 1.165) is 5.69 Å². The molecule has 1 fully saturated rings. The van der Waals surface area contributed by atoms with Gasteiger partial charge in [-0.25, -0.2) is 0 Å². The van der Waals surface area contributed by atoms with Gasteiger partial charge in [-0.3, -0.25) is 0 Å². The summed E-state index contributed by atoms with van der Waals surface area (Å²) in [4.78, 5) is 0. The molecule has 104 valence electrons. The molecule has 2 nitrogen and oxygen atoms in total. The van der Waals surface area contributed by atoms with E-state index in [0.29, 0.717) is 5.69 Å². The fourth-order valence-corrected chi connectivity index (χ4v) is 2.10. The molecule has 3 rings (SSSR count). The lowest BCUT2D eigenvalue weighted by Crippen LogP contribution is -2.30. The van der Waals surface area contributed by atoms with Crippen molar-refractivity contribution in [3.05, 3.63) is 60.2 Å². The zero-order valence-corrected chi connectivity index (χ0v) is 10.4. The standard InChI is InChI=1S/C15H12F3NO/c16-15(17,18)14(10-20-14)11-5-4-8-13(9-11)19-12-6-2-1-3-7-12/h1-9,19H,10H2/t14-/m1/s1. The number of rotatable bonds is 3. The summed E-state index contributed by atoms with van der Waals surface area (Å²) < 4.78 is 43.7. The molecule has 5 heteroatoms. The van der Waals surface area contributed by atoms with Crippen LogP contribution in [0.1, 0.15) is 5.56 Å². The number of benzene rings is 2. The largest absolute Gasteiger partial charge is 0.424 e. The predicted octanol–water partition coefficient (Wildman–Crippen LogP) is 4.22. The lowest BCUT2D eigenvalue weighted by atomic mass is 9.99. The van der Waals surface area contributed by atoms with Gasteiger partial charge in [0.25, 0.3) is 0 Å². The molecule has 1 atom stereocenters. The fourth-order valence-electron chi connectivity index (χ4n) is 2.10. The van der Waals surface area contributed by atoms with Gasteiger partial charge in [0.05, 0.1) is 6.61 Å². The van der Waals surface area contributed by atoms with E-state index >= 15 is 0 Å². The van der Waals surface area contributed by atoms with E-state index in [9.17, 15) is 13.2 Å². The average molecular weight is 279 g/mol. The van der Waals surface area contributed by atoms with Crippen molar-refractivity contribution in [2.45, 2.75) is 11.8 Å². The van der Waals surface area contributed by atoms with Crippen LogP contribution in [-0.4, -0.2) is 12.8 Å². The van der Waals surface area contributed by atoms with E-state index in [1.807, 2.05) is 30.3 Å². The van der Waals surface area contributed by atoms with Gasteiger partial charge in [0, 0.05) is 11.4 Å². The van der Waals surface area contributed by atoms with E-state index in [2.05, 4.69) is 5.32 Å².